The Morgan fingerprint density at radius 1 is 1.16 bits per heavy atom. The lowest BCUT2D eigenvalue weighted by Gasteiger charge is -2.06. The van der Waals surface area contributed by atoms with Crippen LogP contribution in [0.1, 0.15) is 19.3 Å². The maximum Gasteiger partial charge on any atom is 0.269 e. The summed E-state index contributed by atoms with van der Waals surface area (Å²) >= 11 is 0. The first kappa shape index (κ1) is 15.5. The highest BCUT2D eigenvalue weighted by molar-refractivity contribution is 7.89. The zero-order valence-electron chi connectivity index (χ0n) is 10.4. The monoisotopic (exact) mass is 287 g/mol. The van der Waals surface area contributed by atoms with E-state index in [0.717, 1.165) is 12.8 Å². The Hall–Kier alpha value is -1.51. The number of benzene rings is 1. The minimum absolute atomic E-state index is 0.0249. The number of nitrogens with one attached hydrogen (secondary N) is 1. The van der Waals surface area contributed by atoms with Gasteiger partial charge in [0.05, 0.1) is 9.82 Å². The fourth-order valence-electron chi connectivity index (χ4n) is 1.48. The van der Waals surface area contributed by atoms with E-state index in [-0.39, 0.29) is 10.6 Å². The van der Waals surface area contributed by atoms with Gasteiger partial charge in [-0.15, -0.1) is 0 Å². The van der Waals surface area contributed by atoms with E-state index in [9.17, 15) is 18.5 Å². The van der Waals surface area contributed by atoms with E-state index in [1.807, 2.05) is 0 Å². The van der Waals surface area contributed by atoms with E-state index >= 15 is 0 Å². The van der Waals surface area contributed by atoms with Gasteiger partial charge in [0.2, 0.25) is 10.0 Å². The molecule has 0 saturated heterocycles. The zero-order chi connectivity index (χ0) is 14.3. The first-order valence-electron chi connectivity index (χ1n) is 5.91. The molecular weight excluding hydrogens is 270 g/mol. The van der Waals surface area contributed by atoms with E-state index < -0.39 is 14.9 Å². The van der Waals surface area contributed by atoms with Crippen molar-refractivity contribution in [2.75, 3.05) is 13.1 Å². The zero-order valence-corrected chi connectivity index (χ0v) is 11.2. The third-order valence-electron chi connectivity index (χ3n) is 2.53. The van der Waals surface area contributed by atoms with Crippen LogP contribution >= 0.6 is 0 Å². The standard InChI is InChI=1S/C11H17N3O4S/c12-8-2-1-3-9-13-19(17,18)11-6-4-10(5-7-11)14(15)16/h4-7,13H,1-3,8-9,12H2. The second-order valence-electron chi connectivity index (χ2n) is 4.00. The van der Waals surface area contributed by atoms with Gasteiger partial charge in [-0.05, 0) is 31.5 Å². The molecule has 106 valence electrons. The largest absolute Gasteiger partial charge is 0.330 e. The Bertz CT molecular complexity index is 513. The number of nitro benzene ring substituents is 1. The molecule has 1 aromatic carbocycles. The number of non-ortho nitro benzene ring substituents is 1. The minimum Gasteiger partial charge on any atom is -0.330 e. The summed E-state index contributed by atoms with van der Waals surface area (Å²) in [5.41, 5.74) is 5.20. The van der Waals surface area contributed by atoms with E-state index in [1.54, 1.807) is 0 Å². The van der Waals surface area contributed by atoms with Gasteiger partial charge in [-0.3, -0.25) is 10.1 Å². The molecule has 0 saturated carbocycles. The first-order chi connectivity index (χ1) is 8.97. The lowest BCUT2D eigenvalue weighted by molar-refractivity contribution is -0.384. The number of nitrogens with zero attached hydrogens (tertiary/aromatic N) is 1. The van der Waals surface area contributed by atoms with Gasteiger partial charge in [0, 0.05) is 18.7 Å². The molecule has 3 N–H and O–H groups in total. The SMILES string of the molecule is NCCCCCNS(=O)(=O)c1ccc([N+](=O)[O-])cc1. The Kier molecular flexibility index (Phi) is 5.87. The molecule has 1 rings (SSSR count). The molecule has 0 aliphatic rings. The van der Waals surface area contributed by atoms with Crippen molar-refractivity contribution in [2.24, 2.45) is 5.73 Å². The first-order valence-corrected chi connectivity index (χ1v) is 7.40. The third kappa shape index (κ3) is 4.93. The molecule has 0 unspecified atom stereocenters. The van der Waals surface area contributed by atoms with Crippen LogP contribution in [-0.2, 0) is 10.0 Å². The van der Waals surface area contributed by atoms with Crippen LogP contribution in [0, 0.1) is 10.1 Å². The summed E-state index contributed by atoms with van der Waals surface area (Å²) in [7, 11) is -3.59. The van der Waals surface area contributed by atoms with Crippen molar-refractivity contribution in [3.05, 3.63) is 34.4 Å². The van der Waals surface area contributed by atoms with Crippen LogP contribution < -0.4 is 10.5 Å². The molecule has 7 nitrogen and oxygen atoms in total. The highest BCUT2D eigenvalue weighted by atomic mass is 32.2. The molecule has 0 radical (unpaired) electrons. The van der Waals surface area contributed by atoms with Crippen molar-refractivity contribution >= 4 is 15.7 Å². The Morgan fingerprint density at radius 2 is 1.79 bits per heavy atom. The van der Waals surface area contributed by atoms with Gasteiger partial charge in [-0.25, -0.2) is 13.1 Å². The molecular formula is C11H17N3O4S. The van der Waals surface area contributed by atoms with Crippen LogP contribution in [0.2, 0.25) is 0 Å². The summed E-state index contributed by atoms with van der Waals surface area (Å²) in [5, 5.41) is 10.5. The number of nitrogens with two attached hydrogens (primary N) is 1. The maximum absolute atomic E-state index is 11.8. The fourth-order valence-corrected chi connectivity index (χ4v) is 2.56. The van der Waals surface area contributed by atoms with Crippen LogP contribution in [0.4, 0.5) is 5.69 Å². The van der Waals surface area contributed by atoms with Gasteiger partial charge in [0.25, 0.3) is 5.69 Å². The van der Waals surface area contributed by atoms with Crippen molar-refractivity contribution in [3.8, 4) is 0 Å². The summed E-state index contributed by atoms with van der Waals surface area (Å²) in [5.74, 6) is 0. The number of sulfonamides is 1. The summed E-state index contributed by atoms with van der Waals surface area (Å²) in [6.45, 7) is 0.925. The van der Waals surface area contributed by atoms with Gasteiger partial charge in [0.15, 0.2) is 0 Å². The molecule has 0 aromatic heterocycles. The van der Waals surface area contributed by atoms with Gasteiger partial charge in [0.1, 0.15) is 0 Å². The minimum atomic E-state index is -3.59. The van der Waals surface area contributed by atoms with Crippen LogP contribution in [0.25, 0.3) is 0 Å². The number of unbranched alkanes of at least 4 members (excludes halogenated alkanes) is 2. The Balaban J connectivity index is 2.59. The maximum atomic E-state index is 11.8. The summed E-state index contributed by atoms with van der Waals surface area (Å²) < 4.78 is 26.1. The molecule has 0 aliphatic carbocycles. The molecule has 0 fully saturated rings. The van der Waals surface area contributed by atoms with E-state index in [2.05, 4.69) is 4.72 Å². The lowest BCUT2D eigenvalue weighted by Crippen LogP contribution is -2.24. The second kappa shape index (κ2) is 7.17. The van der Waals surface area contributed by atoms with Crippen molar-refractivity contribution in [1.82, 2.24) is 4.72 Å². The fraction of sp³-hybridized carbons (Fsp3) is 0.455. The van der Waals surface area contributed by atoms with Gasteiger partial charge < -0.3 is 5.73 Å². The predicted molar refractivity (Wildman–Crippen MR) is 71.2 cm³/mol. The van der Waals surface area contributed by atoms with Crippen molar-refractivity contribution < 1.29 is 13.3 Å². The average molecular weight is 287 g/mol. The number of rotatable bonds is 8. The number of hydrogen-bond donors (Lipinski definition) is 2. The van der Waals surface area contributed by atoms with Crippen LogP contribution in [0.3, 0.4) is 0 Å². The van der Waals surface area contributed by atoms with Gasteiger partial charge in [-0.1, -0.05) is 6.42 Å². The lowest BCUT2D eigenvalue weighted by atomic mass is 10.2. The Morgan fingerprint density at radius 3 is 2.32 bits per heavy atom. The van der Waals surface area contributed by atoms with Crippen LogP contribution in [0.15, 0.2) is 29.2 Å². The topological polar surface area (TPSA) is 115 Å². The quantitative estimate of drug-likeness (QED) is 0.420. The van der Waals surface area contributed by atoms with Gasteiger partial charge in [-0.2, -0.15) is 0 Å². The third-order valence-corrected chi connectivity index (χ3v) is 4.01. The highest BCUT2D eigenvalue weighted by Gasteiger charge is 2.14. The van der Waals surface area contributed by atoms with Gasteiger partial charge >= 0.3 is 0 Å². The summed E-state index contributed by atoms with van der Waals surface area (Å²) in [6.07, 6.45) is 2.43. The highest BCUT2D eigenvalue weighted by Crippen LogP contribution is 2.15. The van der Waals surface area contributed by atoms with Crippen molar-refractivity contribution in [2.45, 2.75) is 24.2 Å². The molecule has 0 aliphatic heterocycles. The molecule has 19 heavy (non-hydrogen) atoms. The van der Waals surface area contributed by atoms with E-state index in [0.29, 0.717) is 19.5 Å². The molecule has 8 heteroatoms. The normalized spacial score (nSPS) is 11.4. The second-order valence-corrected chi connectivity index (χ2v) is 5.77. The van der Waals surface area contributed by atoms with Crippen molar-refractivity contribution in [3.63, 3.8) is 0 Å². The molecule has 0 heterocycles. The number of hydrogen-bond acceptors (Lipinski definition) is 5. The predicted octanol–water partition coefficient (Wildman–Crippen LogP) is 1.00. The van der Waals surface area contributed by atoms with Crippen molar-refractivity contribution in [1.29, 1.82) is 0 Å². The molecule has 0 spiro atoms. The number of nitro groups is 1. The summed E-state index contributed by atoms with van der Waals surface area (Å²) in [6, 6.07) is 4.78. The van der Waals surface area contributed by atoms with E-state index in [1.165, 1.54) is 24.3 Å². The molecule has 0 bridgehead atoms. The van der Waals surface area contributed by atoms with E-state index in [4.69, 9.17) is 5.73 Å². The molecule has 0 amide bonds. The average Bonchev–Trinajstić information content (AvgIpc) is 2.38. The smallest absolute Gasteiger partial charge is 0.269 e. The van der Waals surface area contributed by atoms with Crippen LogP contribution in [-0.4, -0.2) is 26.4 Å². The molecule has 1 aromatic rings. The Labute approximate surface area is 112 Å². The summed E-state index contributed by atoms with van der Waals surface area (Å²) in [4.78, 5) is 9.92. The molecule has 0 atom stereocenters. The van der Waals surface area contributed by atoms with Crippen LogP contribution in [0.5, 0.6) is 0 Å².